The number of carbonyl (C=O) groups excluding carboxylic acids is 1. The number of carbonyl (C=O) groups is 1. The summed E-state index contributed by atoms with van der Waals surface area (Å²) in [6.07, 6.45) is 4.91. The molecule has 84 valence electrons. The molecule has 3 rings (SSSR count). The van der Waals surface area contributed by atoms with E-state index in [4.69, 9.17) is 0 Å². The summed E-state index contributed by atoms with van der Waals surface area (Å²) in [5.41, 5.74) is 1.03. The van der Waals surface area contributed by atoms with E-state index in [1.165, 1.54) is 17.5 Å². The molecule has 0 radical (unpaired) electrons. The Kier molecular flexibility index (Phi) is 2.34. The van der Waals surface area contributed by atoms with Crippen molar-refractivity contribution in [3.63, 3.8) is 0 Å². The van der Waals surface area contributed by atoms with E-state index < -0.39 is 0 Å². The Balaban J connectivity index is 1.96. The predicted molar refractivity (Wildman–Crippen MR) is 65.3 cm³/mol. The van der Waals surface area contributed by atoms with E-state index in [9.17, 15) is 4.79 Å². The van der Waals surface area contributed by atoms with Gasteiger partial charge in [0.05, 0.1) is 11.2 Å². The number of hydrogen-bond acceptors (Lipinski definition) is 4. The van der Waals surface area contributed by atoms with Crippen molar-refractivity contribution in [1.29, 1.82) is 0 Å². The highest BCUT2D eigenvalue weighted by Crippen LogP contribution is 2.17. The Morgan fingerprint density at radius 2 is 2.35 bits per heavy atom. The number of amides is 1. The maximum Gasteiger partial charge on any atom is 0.261 e. The van der Waals surface area contributed by atoms with Gasteiger partial charge in [0.15, 0.2) is 5.65 Å². The number of fused-ring (bicyclic) bond motifs is 1. The highest BCUT2D eigenvalue weighted by Gasteiger charge is 2.13. The second-order valence-electron chi connectivity index (χ2n) is 3.38. The maximum absolute atomic E-state index is 12.0. The van der Waals surface area contributed by atoms with Crippen LogP contribution >= 0.6 is 11.3 Å². The van der Waals surface area contributed by atoms with Gasteiger partial charge in [-0.1, -0.05) is 0 Å². The third kappa shape index (κ3) is 1.78. The average Bonchev–Trinajstić information content (AvgIpc) is 2.96. The van der Waals surface area contributed by atoms with Gasteiger partial charge < -0.3 is 5.32 Å². The molecule has 17 heavy (non-hydrogen) atoms. The number of rotatable bonds is 2. The van der Waals surface area contributed by atoms with Crippen molar-refractivity contribution in [3.8, 4) is 0 Å². The second kappa shape index (κ2) is 3.99. The van der Waals surface area contributed by atoms with Crippen LogP contribution in [0.15, 0.2) is 42.2 Å². The van der Waals surface area contributed by atoms with Gasteiger partial charge in [0, 0.05) is 12.4 Å². The Morgan fingerprint density at radius 3 is 3.18 bits per heavy atom. The number of nitrogens with one attached hydrogen (secondary N) is 1. The second-order valence-corrected chi connectivity index (χ2v) is 4.33. The van der Waals surface area contributed by atoms with Crippen LogP contribution in [0.5, 0.6) is 0 Å². The molecule has 6 heteroatoms. The molecule has 3 heterocycles. The van der Waals surface area contributed by atoms with Crippen LogP contribution < -0.4 is 5.32 Å². The van der Waals surface area contributed by atoms with Crippen LogP contribution in [0.1, 0.15) is 10.4 Å². The van der Waals surface area contributed by atoms with E-state index >= 15 is 0 Å². The lowest BCUT2D eigenvalue weighted by Gasteiger charge is -1.99. The number of anilines is 1. The van der Waals surface area contributed by atoms with Gasteiger partial charge in [-0.2, -0.15) is 5.10 Å². The molecular formula is C11H8N4OS. The normalized spacial score (nSPS) is 10.6. The summed E-state index contributed by atoms with van der Waals surface area (Å²) in [6.45, 7) is 0. The first-order valence-electron chi connectivity index (χ1n) is 4.98. The molecule has 0 saturated carbocycles. The fourth-order valence-electron chi connectivity index (χ4n) is 1.52. The number of hydrogen-bond donors (Lipinski definition) is 1. The molecule has 0 bridgehead atoms. The zero-order valence-electron chi connectivity index (χ0n) is 8.70. The standard InChI is InChI=1S/C11H8N4OS/c16-11(14-9-3-1-6-17-9)8-7-13-15-5-2-4-12-10(8)15/h1-7H,(H,14,16). The molecule has 0 atom stereocenters. The number of nitrogens with zero attached hydrogens (tertiary/aromatic N) is 3. The Labute approximate surface area is 101 Å². The van der Waals surface area contributed by atoms with Crippen molar-refractivity contribution in [2.24, 2.45) is 0 Å². The first-order chi connectivity index (χ1) is 8.34. The molecule has 0 aliphatic rings. The van der Waals surface area contributed by atoms with Crippen LogP contribution in [-0.4, -0.2) is 20.5 Å². The van der Waals surface area contributed by atoms with E-state index in [0.717, 1.165) is 5.00 Å². The lowest BCUT2D eigenvalue weighted by molar-refractivity contribution is 0.102. The van der Waals surface area contributed by atoms with E-state index in [0.29, 0.717) is 11.2 Å². The van der Waals surface area contributed by atoms with Crippen LogP contribution in [0.25, 0.3) is 5.65 Å². The molecule has 0 saturated heterocycles. The van der Waals surface area contributed by atoms with E-state index in [-0.39, 0.29) is 5.91 Å². The smallest absolute Gasteiger partial charge is 0.261 e. The third-order valence-corrected chi connectivity index (χ3v) is 3.07. The molecule has 0 aliphatic heterocycles. The van der Waals surface area contributed by atoms with Crippen molar-refractivity contribution in [3.05, 3.63) is 47.7 Å². The molecule has 0 aromatic carbocycles. The van der Waals surface area contributed by atoms with Gasteiger partial charge in [-0.05, 0) is 23.6 Å². The molecule has 0 fully saturated rings. The molecule has 1 amide bonds. The topological polar surface area (TPSA) is 59.3 Å². The molecule has 1 N–H and O–H groups in total. The molecule has 0 unspecified atom stereocenters. The van der Waals surface area contributed by atoms with Crippen molar-refractivity contribution in [2.75, 3.05) is 5.32 Å². The summed E-state index contributed by atoms with van der Waals surface area (Å²) >= 11 is 1.47. The molecule has 0 spiro atoms. The minimum absolute atomic E-state index is 0.193. The van der Waals surface area contributed by atoms with E-state index in [1.54, 1.807) is 23.0 Å². The van der Waals surface area contributed by atoms with Gasteiger partial charge in [-0.3, -0.25) is 4.79 Å². The van der Waals surface area contributed by atoms with Gasteiger partial charge in [-0.15, -0.1) is 11.3 Å². The first kappa shape index (κ1) is 9.98. The quantitative estimate of drug-likeness (QED) is 0.750. The summed E-state index contributed by atoms with van der Waals surface area (Å²) in [5.74, 6) is -0.193. The molecule has 3 aromatic rings. The average molecular weight is 244 g/mol. The third-order valence-electron chi connectivity index (χ3n) is 2.28. The van der Waals surface area contributed by atoms with Crippen molar-refractivity contribution in [2.45, 2.75) is 0 Å². The van der Waals surface area contributed by atoms with Gasteiger partial charge in [0.2, 0.25) is 0 Å². The predicted octanol–water partition coefficient (Wildman–Crippen LogP) is 2.04. The summed E-state index contributed by atoms with van der Waals surface area (Å²) in [4.78, 5) is 16.1. The van der Waals surface area contributed by atoms with E-state index in [2.05, 4.69) is 15.4 Å². The fourth-order valence-corrected chi connectivity index (χ4v) is 2.13. The summed E-state index contributed by atoms with van der Waals surface area (Å²) in [5, 5.41) is 9.59. The van der Waals surface area contributed by atoms with Crippen LogP contribution in [0, 0.1) is 0 Å². The highest BCUT2D eigenvalue weighted by atomic mass is 32.1. The largest absolute Gasteiger partial charge is 0.313 e. The van der Waals surface area contributed by atoms with Crippen LogP contribution in [0.2, 0.25) is 0 Å². The van der Waals surface area contributed by atoms with Crippen molar-refractivity contribution in [1.82, 2.24) is 14.6 Å². The molecular weight excluding hydrogens is 236 g/mol. The minimum Gasteiger partial charge on any atom is -0.313 e. The van der Waals surface area contributed by atoms with Crippen LogP contribution in [-0.2, 0) is 0 Å². The van der Waals surface area contributed by atoms with Gasteiger partial charge in [0.1, 0.15) is 5.56 Å². The zero-order chi connectivity index (χ0) is 11.7. The Hall–Kier alpha value is -2.21. The Bertz CT molecular complexity index is 659. The number of thiophene rings is 1. The van der Waals surface area contributed by atoms with Crippen molar-refractivity contribution >= 4 is 27.9 Å². The number of aromatic nitrogens is 3. The zero-order valence-corrected chi connectivity index (χ0v) is 9.52. The van der Waals surface area contributed by atoms with Crippen LogP contribution in [0.3, 0.4) is 0 Å². The SMILES string of the molecule is O=C(Nc1cccs1)c1cnn2cccnc12. The lowest BCUT2D eigenvalue weighted by atomic mass is 10.3. The molecule has 3 aromatic heterocycles. The minimum atomic E-state index is -0.193. The van der Waals surface area contributed by atoms with Crippen molar-refractivity contribution < 1.29 is 4.79 Å². The summed E-state index contributed by atoms with van der Waals surface area (Å²) in [6, 6.07) is 5.50. The first-order valence-corrected chi connectivity index (χ1v) is 5.86. The monoisotopic (exact) mass is 244 g/mol. The molecule has 0 aliphatic carbocycles. The summed E-state index contributed by atoms with van der Waals surface area (Å²) in [7, 11) is 0. The van der Waals surface area contributed by atoms with Crippen LogP contribution in [0.4, 0.5) is 5.00 Å². The van der Waals surface area contributed by atoms with Gasteiger partial charge in [-0.25, -0.2) is 9.50 Å². The Morgan fingerprint density at radius 1 is 1.41 bits per heavy atom. The summed E-state index contributed by atoms with van der Waals surface area (Å²) < 4.78 is 1.57. The molecule has 5 nitrogen and oxygen atoms in total. The van der Waals surface area contributed by atoms with Gasteiger partial charge >= 0.3 is 0 Å². The highest BCUT2D eigenvalue weighted by molar-refractivity contribution is 7.14. The fraction of sp³-hybridized carbons (Fsp3) is 0. The maximum atomic E-state index is 12.0. The lowest BCUT2D eigenvalue weighted by Crippen LogP contribution is -2.10. The van der Waals surface area contributed by atoms with Gasteiger partial charge in [0.25, 0.3) is 5.91 Å². The van der Waals surface area contributed by atoms with E-state index in [1.807, 2.05) is 17.5 Å².